The summed E-state index contributed by atoms with van der Waals surface area (Å²) in [5.41, 5.74) is 0. The maximum atomic E-state index is 11.1. The lowest BCUT2D eigenvalue weighted by Crippen LogP contribution is -2.35. The van der Waals surface area contributed by atoms with Crippen LogP contribution >= 0.6 is 11.8 Å². The zero-order valence-corrected chi connectivity index (χ0v) is 9.07. The molecule has 0 aliphatic carbocycles. The summed E-state index contributed by atoms with van der Waals surface area (Å²) < 4.78 is 0. The number of ketones is 1. The van der Waals surface area contributed by atoms with Gasteiger partial charge < -0.3 is 10.4 Å². The highest BCUT2D eigenvalue weighted by Gasteiger charge is 2.11. The average Bonchev–Trinajstić information content (AvgIpc) is 2.16. The third kappa shape index (κ3) is 6.64. The molecule has 1 unspecified atom stereocenters. The van der Waals surface area contributed by atoms with Gasteiger partial charge in [0.1, 0.15) is 5.78 Å². The minimum absolute atomic E-state index is 0.0556. The Balaban J connectivity index is 0. The van der Waals surface area contributed by atoms with Crippen molar-refractivity contribution in [2.24, 2.45) is 0 Å². The van der Waals surface area contributed by atoms with Crippen LogP contribution in [0.15, 0.2) is 0 Å². The van der Waals surface area contributed by atoms with Crippen LogP contribution in [-0.4, -0.2) is 43.1 Å². The Labute approximate surface area is 78.9 Å². The van der Waals surface area contributed by atoms with Crippen molar-refractivity contribution in [3.63, 3.8) is 0 Å². The Morgan fingerprint density at radius 3 is 2.33 bits per heavy atom. The Morgan fingerprint density at radius 1 is 1.58 bits per heavy atom. The molecular weight excluding hydrogens is 174 g/mol. The zero-order valence-electron chi connectivity index (χ0n) is 8.26. The van der Waals surface area contributed by atoms with E-state index in [1.807, 2.05) is 20.2 Å². The van der Waals surface area contributed by atoms with Gasteiger partial charge in [-0.25, -0.2) is 0 Å². The van der Waals surface area contributed by atoms with Crippen molar-refractivity contribution in [1.29, 1.82) is 0 Å². The fourth-order valence-electron chi connectivity index (χ4n) is 0.750. The molecule has 0 saturated carbocycles. The highest BCUT2D eigenvalue weighted by Crippen LogP contribution is 1.99. The maximum absolute atomic E-state index is 11.1. The minimum atomic E-state index is 0.0556. The Hall–Kier alpha value is -0.0600. The summed E-state index contributed by atoms with van der Waals surface area (Å²) in [6.07, 6.45) is 2.64. The fraction of sp³-hybridized carbons (Fsp3) is 0.875. The van der Waals surface area contributed by atoms with Crippen LogP contribution in [0, 0.1) is 0 Å². The van der Waals surface area contributed by atoms with Crippen LogP contribution in [0.1, 0.15) is 13.3 Å². The molecule has 0 aliphatic heterocycles. The summed E-state index contributed by atoms with van der Waals surface area (Å²) in [6, 6.07) is 0.0556. The fourth-order valence-corrected chi connectivity index (χ4v) is 1.44. The number of carbonyl (C=O) groups is 1. The van der Waals surface area contributed by atoms with Gasteiger partial charge in [0.2, 0.25) is 0 Å². The van der Waals surface area contributed by atoms with E-state index < -0.39 is 0 Å². The number of aliphatic hydroxyl groups is 1. The number of hydrogen-bond acceptors (Lipinski definition) is 4. The lowest BCUT2D eigenvalue weighted by atomic mass is 10.2. The first kappa shape index (κ1) is 14.5. The molecule has 2 N–H and O–H groups in total. The number of aliphatic hydroxyl groups excluding tert-OH is 1. The van der Waals surface area contributed by atoms with Gasteiger partial charge in [-0.3, -0.25) is 4.79 Å². The molecule has 0 bridgehead atoms. The molecule has 12 heavy (non-hydrogen) atoms. The molecule has 74 valence electrons. The molecule has 0 aromatic rings. The molecule has 1 atom stereocenters. The van der Waals surface area contributed by atoms with E-state index in [0.717, 1.165) is 12.9 Å². The average molecular weight is 193 g/mol. The van der Waals surface area contributed by atoms with Crippen LogP contribution < -0.4 is 5.32 Å². The second-order valence-electron chi connectivity index (χ2n) is 2.12. The van der Waals surface area contributed by atoms with E-state index in [1.54, 1.807) is 11.8 Å². The quantitative estimate of drug-likeness (QED) is 0.668. The first-order valence-corrected chi connectivity index (χ1v) is 5.29. The van der Waals surface area contributed by atoms with E-state index in [-0.39, 0.29) is 6.04 Å². The van der Waals surface area contributed by atoms with Crippen LogP contribution in [0.5, 0.6) is 0 Å². The first-order valence-electron chi connectivity index (χ1n) is 3.89. The van der Waals surface area contributed by atoms with Gasteiger partial charge in [0.25, 0.3) is 0 Å². The van der Waals surface area contributed by atoms with Crippen LogP contribution in [0.2, 0.25) is 0 Å². The Morgan fingerprint density at radius 2 is 2.08 bits per heavy atom. The molecule has 0 fully saturated rings. The summed E-state index contributed by atoms with van der Waals surface area (Å²) in [7, 11) is 2.83. The van der Waals surface area contributed by atoms with Gasteiger partial charge in [-0.2, -0.15) is 11.8 Å². The molecule has 0 aliphatic rings. The molecule has 0 heterocycles. The van der Waals surface area contributed by atoms with Crippen LogP contribution in [0.25, 0.3) is 0 Å². The van der Waals surface area contributed by atoms with E-state index in [1.165, 1.54) is 0 Å². The van der Waals surface area contributed by atoms with E-state index in [4.69, 9.17) is 5.11 Å². The topological polar surface area (TPSA) is 49.3 Å². The zero-order chi connectivity index (χ0) is 9.98. The van der Waals surface area contributed by atoms with Crippen LogP contribution in [-0.2, 0) is 4.79 Å². The molecule has 0 spiro atoms. The molecule has 0 aromatic carbocycles. The van der Waals surface area contributed by atoms with Gasteiger partial charge in [0, 0.05) is 19.3 Å². The first-order chi connectivity index (χ1) is 5.76. The van der Waals surface area contributed by atoms with Crippen molar-refractivity contribution in [1.82, 2.24) is 5.32 Å². The third-order valence-electron chi connectivity index (χ3n) is 1.42. The monoisotopic (exact) mass is 193 g/mol. The van der Waals surface area contributed by atoms with Gasteiger partial charge >= 0.3 is 0 Å². The molecule has 4 heteroatoms. The van der Waals surface area contributed by atoms with Gasteiger partial charge in [-0.15, -0.1) is 0 Å². The number of Topliss-reactive ketones (excluding diaryl/α,β-unsaturated/α-hetero) is 1. The number of hydrogen-bond donors (Lipinski definition) is 2. The predicted molar refractivity (Wildman–Crippen MR) is 54.7 cm³/mol. The van der Waals surface area contributed by atoms with E-state index in [2.05, 4.69) is 5.32 Å². The number of carbonyl (C=O) groups excluding carboxylic acids is 1. The minimum Gasteiger partial charge on any atom is -0.400 e. The number of likely N-dealkylation sites (N-methyl/N-ethyl adjacent to an activating group) is 1. The number of thioether (sulfide) groups is 1. The van der Waals surface area contributed by atoms with Crippen molar-refractivity contribution >= 4 is 17.5 Å². The van der Waals surface area contributed by atoms with Crippen molar-refractivity contribution in [2.75, 3.05) is 26.2 Å². The van der Waals surface area contributed by atoms with Gasteiger partial charge in [0.05, 0.1) is 6.04 Å². The van der Waals surface area contributed by atoms with E-state index >= 15 is 0 Å². The SMILES string of the molecule is CCC(=O)C(CSC)NC.CO. The van der Waals surface area contributed by atoms with Gasteiger partial charge in [-0.05, 0) is 13.3 Å². The standard InChI is InChI=1S/C7H15NOS.CH4O/c1-4-7(9)6(8-2)5-10-3;1-2/h6,8H,4-5H2,1-3H3;2H,1H3. The molecule has 3 nitrogen and oxygen atoms in total. The summed E-state index contributed by atoms with van der Waals surface area (Å²) >= 11 is 1.69. The molecule has 0 radical (unpaired) electrons. The van der Waals surface area contributed by atoms with Crippen molar-refractivity contribution in [3.05, 3.63) is 0 Å². The van der Waals surface area contributed by atoms with Gasteiger partial charge in [0.15, 0.2) is 0 Å². The summed E-state index contributed by atoms with van der Waals surface area (Å²) in [5.74, 6) is 1.18. The highest BCUT2D eigenvalue weighted by molar-refractivity contribution is 7.98. The lowest BCUT2D eigenvalue weighted by molar-refractivity contribution is -0.120. The second-order valence-corrected chi connectivity index (χ2v) is 3.03. The number of nitrogens with one attached hydrogen (secondary N) is 1. The van der Waals surface area contributed by atoms with Crippen molar-refractivity contribution in [3.8, 4) is 0 Å². The Kier molecular flexibility index (Phi) is 13.2. The summed E-state index contributed by atoms with van der Waals surface area (Å²) in [5, 5.41) is 9.98. The largest absolute Gasteiger partial charge is 0.400 e. The van der Waals surface area contributed by atoms with Crippen molar-refractivity contribution < 1.29 is 9.90 Å². The van der Waals surface area contributed by atoms with E-state index in [0.29, 0.717) is 12.2 Å². The molecule has 0 amide bonds. The lowest BCUT2D eigenvalue weighted by Gasteiger charge is -2.11. The third-order valence-corrected chi connectivity index (χ3v) is 2.09. The van der Waals surface area contributed by atoms with Crippen molar-refractivity contribution in [2.45, 2.75) is 19.4 Å². The predicted octanol–water partition coefficient (Wildman–Crippen LogP) is 0.525. The smallest absolute Gasteiger partial charge is 0.150 e. The van der Waals surface area contributed by atoms with Crippen LogP contribution in [0.3, 0.4) is 0 Å². The second kappa shape index (κ2) is 10.9. The van der Waals surface area contributed by atoms with E-state index in [9.17, 15) is 4.79 Å². The highest BCUT2D eigenvalue weighted by atomic mass is 32.2. The molecular formula is C8H19NO2S. The summed E-state index contributed by atoms with van der Waals surface area (Å²) in [6.45, 7) is 1.90. The number of rotatable bonds is 5. The molecule has 0 saturated heterocycles. The molecule has 0 aromatic heterocycles. The maximum Gasteiger partial charge on any atom is 0.150 e. The van der Waals surface area contributed by atoms with Gasteiger partial charge in [-0.1, -0.05) is 6.92 Å². The van der Waals surface area contributed by atoms with Crippen LogP contribution in [0.4, 0.5) is 0 Å². The Bertz CT molecular complexity index is 109. The molecule has 0 rings (SSSR count). The summed E-state index contributed by atoms with van der Waals surface area (Å²) in [4.78, 5) is 11.1. The normalized spacial score (nSPS) is 11.4.